The van der Waals surface area contributed by atoms with Crippen molar-refractivity contribution in [2.75, 3.05) is 5.73 Å². The Balaban J connectivity index is 1.84. The van der Waals surface area contributed by atoms with E-state index in [1.165, 1.54) is 30.6 Å². The molecule has 19 heavy (non-hydrogen) atoms. The molecule has 0 radical (unpaired) electrons. The number of nitrogens with zero attached hydrogens (tertiary/aromatic N) is 5. The first kappa shape index (κ1) is 10.9. The summed E-state index contributed by atoms with van der Waals surface area (Å²) in [4.78, 5) is 5.10. The van der Waals surface area contributed by atoms with Crippen LogP contribution < -0.4 is 5.73 Å². The van der Waals surface area contributed by atoms with Gasteiger partial charge < -0.3 is 5.73 Å². The third kappa shape index (κ3) is 1.61. The van der Waals surface area contributed by atoms with Crippen molar-refractivity contribution in [3.05, 3.63) is 24.2 Å². The first-order valence-electron chi connectivity index (χ1n) is 6.26. The summed E-state index contributed by atoms with van der Waals surface area (Å²) in [5, 5.41) is 13.8. The number of aromatic nitrogens is 5. The zero-order valence-electron chi connectivity index (χ0n) is 10.2. The Labute approximate surface area is 113 Å². The molecule has 0 atom stereocenters. The van der Waals surface area contributed by atoms with E-state index in [1.807, 2.05) is 16.6 Å². The summed E-state index contributed by atoms with van der Waals surface area (Å²) >= 11 is 1.47. The molecular formula is C12H12N6S. The van der Waals surface area contributed by atoms with Crippen molar-refractivity contribution >= 4 is 22.0 Å². The normalized spacial score (nSPS) is 15.8. The number of fused-ring (bicyclic) bond motifs is 1. The summed E-state index contributed by atoms with van der Waals surface area (Å²) in [6.07, 6.45) is 5.35. The molecule has 0 bridgehead atoms. The molecule has 3 aromatic heterocycles. The van der Waals surface area contributed by atoms with E-state index in [9.17, 15) is 0 Å². The molecule has 0 amide bonds. The monoisotopic (exact) mass is 272 g/mol. The van der Waals surface area contributed by atoms with Gasteiger partial charge in [0.25, 0.3) is 0 Å². The van der Waals surface area contributed by atoms with Gasteiger partial charge in [0.05, 0.1) is 5.69 Å². The second-order valence-corrected chi connectivity index (χ2v) is 5.68. The van der Waals surface area contributed by atoms with Gasteiger partial charge in [-0.1, -0.05) is 17.8 Å². The topological polar surface area (TPSA) is 82.0 Å². The molecule has 0 aromatic carbocycles. The molecule has 1 fully saturated rings. The molecule has 4 rings (SSSR count). The molecule has 7 heteroatoms. The van der Waals surface area contributed by atoms with Crippen molar-refractivity contribution in [1.82, 2.24) is 24.8 Å². The molecular weight excluding hydrogens is 260 g/mol. The molecule has 2 N–H and O–H groups in total. The van der Waals surface area contributed by atoms with Gasteiger partial charge in [0.2, 0.25) is 4.96 Å². The maximum atomic E-state index is 5.94. The van der Waals surface area contributed by atoms with E-state index >= 15 is 0 Å². The minimum absolute atomic E-state index is 0.506. The van der Waals surface area contributed by atoms with E-state index in [0.29, 0.717) is 11.6 Å². The third-order valence-electron chi connectivity index (χ3n) is 3.53. The highest BCUT2D eigenvalue weighted by atomic mass is 32.1. The van der Waals surface area contributed by atoms with E-state index in [1.54, 1.807) is 6.20 Å². The van der Waals surface area contributed by atoms with Crippen LogP contribution in [0.4, 0.5) is 5.69 Å². The minimum atomic E-state index is 0.506. The molecule has 3 aromatic rings. The largest absolute Gasteiger partial charge is 0.397 e. The van der Waals surface area contributed by atoms with E-state index in [4.69, 9.17) is 5.73 Å². The second-order valence-electron chi connectivity index (χ2n) is 4.73. The van der Waals surface area contributed by atoms with Gasteiger partial charge >= 0.3 is 0 Å². The first-order chi connectivity index (χ1) is 9.33. The van der Waals surface area contributed by atoms with Gasteiger partial charge in [-0.05, 0) is 25.0 Å². The lowest BCUT2D eigenvalue weighted by Gasteiger charge is -2.22. The average molecular weight is 272 g/mol. The van der Waals surface area contributed by atoms with Gasteiger partial charge in [0.1, 0.15) is 5.69 Å². The molecule has 96 valence electrons. The molecule has 1 aliphatic carbocycles. The first-order valence-corrected chi connectivity index (χ1v) is 7.07. The Bertz CT molecular complexity index is 742. The van der Waals surface area contributed by atoms with E-state index in [2.05, 4.69) is 20.3 Å². The Morgan fingerprint density at radius 3 is 2.95 bits per heavy atom. The number of nitrogen functional groups attached to an aromatic ring is 1. The highest BCUT2D eigenvalue weighted by molar-refractivity contribution is 7.19. The number of hydrogen-bond acceptors (Lipinski definition) is 6. The van der Waals surface area contributed by atoms with Crippen LogP contribution in [0.25, 0.3) is 15.7 Å². The Kier molecular flexibility index (Phi) is 2.28. The fourth-order valence-electron chi connectivity index (χ4n) is 2.25. The number of hydrogen-bond donors (Lipinski definition) is 1. The summed E-state index contributed by atoms with van der Waals surface area (Å²) in [6, 6.07) is 3.65. The van der Waals surface area contributed by atoms with Gasteiger partial charge in [-0.25, -0.2) is 0 Å². The average Bonchev–Trinajstić information content (AvgIpc) is 2.90. The highest BCUT2D eigenvalue weighted by Gasteiger charge is 2.26. The van der Waals surface area contributed by atoms with Gasteiger partial charge in [-0.3, -0.25) is 4.98 Å². The van der Waals surface area contributed by atoms with Gasteiger partial charge in [-0.15, -0.1) is 10.2 Å². The molecule has 0 aliphatic heterocycles. The van der Waals surface area contributed by atoms with E-state index in [-0.39, 0.29) is 0 Å². The zero-order valence-corrected chi connectivity index (χ0v) is 11.0. The number of pyridine rings is 1. The highest BCUT2D eigenvalue weighted by Crippen LogP contribution is 2.36. The number of anilines is 1. The van der Waals surface area contributed by atoms with Gasteiger partial charge in [-0.2, -0.15) is 9.61 Å². The molecule has 0 saturated heterocycles. The van der Waals surface area contributed by atoms with Crippen LogP contribution in [0.15, 0.2) is 18.3 Å². The van der Waals surface area contributed by atoms with Crippen molar-refractivity contribution in [3.8, 4) is 10.7 Å². The van der Waals surface area contributed by atoms with Gasteiger partial charge in [0.15, 0.2) is 10.8 Å². The van der Waals surface area contributed by atoms with Crippen LogP contribution in [0.2, 0.25) is 0 Å². The SMILES string of the molecule is Nc1cccnc1-c1nn2c(C3CCC3)nnc2s1. The van der Waals surface area contributed by atoms with Crippen molar-refractivity contribution in [2.24, 2.45) is 0 Å². The summed E-state index contributed by atoms with van der Waals surface area (Å²) in [5.41, 5.74) is 7.29. The summed E-state index contributed by atoms with van der Waals surface area (Å²) < 4.78 is 1.85. The van der Waals surface area contributed by atoms with Crippen molar-refractivity contribution in [1.29, 1.82) is 0 Å². The zero-order chi connectivity index (χ0) is 12.8. The Morgan fingerprint density at radius 1 is 1.32 bits per heavy atom. The number of rotatable bonds is 2. The molecule has 3 heterocycles. The van der Waals surface area contributed by atoms with Crippen LogP contribution in [0.3, 0.4) is 0 Å². The van der Waals surface area contributed by atoms with Gasteiger partial charge in [0, 0.05) is 12.1 Å². The molecule has 6 nitrogen and oxygen atoms in total. The second kappa shape index (κ2) is 3.99. The van der Waals surface area contributed by atoms with Crippen LogP contribution in [0, 0.1) is 0 Å². The van der Waals surface area contributed by atoms with Crippen LogP contribution in [0.1, 0.15) is 31.0 Å². The smallest absolute Gasteiger partial charge is 0.235 e. The maximum Gasteiger partial charge on any atom is 0.235 e. The maximum absolute atomic E-state index is 5.94. The molecule has 1 saturated carbocycles. The summed E-state index contributed by atoms with van der Waals surface area (Å²) in [5.74, 6) is 1.48. The van der Waals surface area contributed by atoms with Crippen LogP contribution in [-0.2, 0) is 0 Å². The molecule has 1 aliphatic rings. The minimum Gasteiger partial charge on any atom is -0.397 e. The lowest BCUT2D eigenvalue weighted by atomic mass is 9.85. The quantitative estimate of drug-likeness (QED) is 0.772. The summed E-state index contributed by atoms with van der Waals surface area (Å²) in [6.45, 7) is 0. The fraction of sp³-hybridized carbons (Fsp3) is 0.333. The van der Waals surface area contributed by atoms with E-state index in [0.717, 1.165) is 21.5 Å². The standard InChI is InChI=1S/C12H12N6S/c13-8-5-2-6-14-9(8)11-17-18-10(7-3-1-4-7)15-16-12(18)19-11/h2,5-7H,1,3-4,13H2. The molecule has 0 unspecified atom stereocenters. The van der Waals surface area contributed by atoms with Crippen molar-refractivity contribution in [2.45, 2.75) is 25.2 Å². The molecule has 0 spiro atoms. The van der Waals surface area contributed by atoms with Crippen LogP contribution in [0.5, 0.6) is 0 Å². The Morgan fingerprint density at radius 2 is 2.21 bits per heavy atom. The van der Waals surface area contributed by atoms with Crippen LogP contribution in [-0.4, -0.2) is 24.8 Å². The fourth-order valence-corrected chi connectivity index (χ4v) is 3.11. The Hall–Kier alpha value is -2.02. The van der Waals surface area contributed by atoms with Crippen LogP contribution >= 0.6 is 11.3 Å². The third-order valence-corrected chi connectivity index (χ3v) is 4.43. The predicted molar refractivity (Wildman–Crippen MR) is 72.9 cm³/mol. The van der Waals surface area contributed by atoms with Crippen molar-refractivity contribution in [3.63, 3.8) is 0 Å². The predicted octanol–water partition coefficient (Wildman–Crippen LogP) is 2.10. The number of nitrogens with two attached hydrogens (primary N) is 1. The lowest BCUT2D eigenvalue weighted by molar-refractivity contribution is 0.395. The summed E-state index contributed by atoms with van der Waals surface area (Å²) in [7, 11) is 0. The van der Waals surface area contributed by atoms with E-state index < -0.39 is 0 Å². The van der Waals surface area contributed by atoms with Crippen molar-refractivity contribution < 1.29 is 0 Å². The lowest BCUT2D eigenvalue weighted by Crippen LogP contribution is -2.13.